The van der Waals surface area contributed by atoms with E-state index in [9.17, 15) is 4.79 Å². The number of hydrogen-bond acceptors (Lipinski definition) is 3. The van der Waals surface area contributed by atoms with Crippen molar-refractivity contribution < 1.29 is 9.53 Å². The molecular weight excluding hydrogens is 314 g/mol. The first-order valence-electron chi connectivity index (χ1n) is 9.39. The lowest BCUT2D eigenvalue weighted by atomic mass is 9.99. The van der Waals surface area contributed by atoms with Crippen molar-refractivity contribution in [2.75, 3.05) is 39.4 Å². The number of rotatable bonds is 4. The molecule has 25 heavy (non-hydrogen) atoms. The second-order valence-corrected chi connectivity index (χ2v) is 7.19. The summed E-state index contributed by atoms with van der Waals surface area (Å²) in [7, 11) is 0. The molecule has 0 radical (unpaired) electrons. The minimum atomic E-state index is 0.232. The molecule has 1 amide bonds. The van der Waals surface area contributed by atoms with Gasteiger partial charge in [0.2, 0.25) is 5.91 Å². The average molecular weight is 341 g/mol. The third-order valence-corrected chi connectivity index (χ3v) is 5.78. The second kappa shape index (κ2) is 7.18. The van der Waals surface area contributed by atoms with E-state index >= 15 is 0 Å². The van der Waals surface area contributed by atoms with Gasteiger partial charge in [-0.2, -0.15) is 0 Å². The summed E-state index contributed by atoms with van der Waals surface area (Å²) < 4.78 is 7.56. The molecule has 2 atom stereocenters. The summed E-state index contributed by atoms with van der Waals surface area (Å²) in [6.07, 6.45) is 3.15. The Hall–Kier alpha value is -1.85. The van der Waals surface area contributed by atoms with E-state index in [0.29, 0.717) is 18.5 Å². The van der Waals surface area contributed by atoms with E-state index in [2.05, 4.69) is 39.5 Å². The lowest BCUT2D eigenvalue weighted by Crippen LogP contribution is -2.47. The smallest absolute Gasteiger partial charge is 0.242 e. The van der Waals surface area contributed by atoms with Crippen LogP contribution in [0.4, 0.5) is 0 Å². The molecule has 5 nitrogen and oxygen atoms in total. The molecule has 2 aromatic rings. The average Bonchev–Trinajstić information content (AvgIpc) is 3.27. The number of morpholine rings is 1. The van der Waals surface area contributed by atoms with Crippen molar-refractivity contribution in [2.24, 2.45) is 5.92 Å². The molecule has 134 valence electrons. The van der Waals surface area contributed by atoms with Crippen LogP contribution in [0.5, 0.6) is 0 Å². The van der Waals surface area contributed by atoms with Crippen LogP contribution in [0.25, 0.3) is 10.9 Å². The summed E-state index contributed by atoms with van der Waals surface area (Å²) in [4.78, 5) is 17.5. The van der Waals surface area contributed by atoms with Crippen molar-refractivity contribution >= 4 is 16.8 Å². The molecule has 2 aliphatic heterocycles. The van der Waals surface area contributed by atoms with Gasteiger partial charge in [-0.1, -0.05) is 31.5 Å². The van der Waals surface area contributed by atoms with Gasteiger partial charge in [-0.25, -0.2) is 0 Å². The maximum absolute atomic E-state index is 12.9. The minimum absolute atomic E-state index is 0.232. The SMILES string of the molecule is CC[C@@H]1CN(C(=O)Cn2ccc3ccccc32)C[C@@H]1N1CCOCC1. The number of fused-ring (bicyclic) bond motifs is 1. The molecule has 4 rings (SSSR count). The van der Waals surface area contributed by atoms with Crippen LogP contribution >= 0.6 is 0 Å². The van der Waals surface area contributed by atoms with Crippen molar-refractivity contribution in [1.82, 2.24) is 14.4 Å². The van der Waals surface area contributed by atoms with Crippen molar-refractivity contribution in [3.8, 4) is 0 Å². The Morgan fingerprint density at radius 1 is 1.16 bits per heavy atom. The fourth-order valence-electron chi connectivity index (χ4n) is 4.31. The van der Waals surface area contributed by atoms with Gasteiger partial charge < -0.3 is 14.2 Å². The first-order chi connectivity index (χ1) is 12.3. The first kappa shape index (κ1) is 16.6. The highest BCUT2D eigenvalue weighted by Gasteiger charge is 2.37. The fourth-order valence-corrected chi connectivity index (χ4v) is 4.31. The van der Waals surface area contributed by atoms with Gasteiger partial charge in [0.15, 0.2) is 0 Å². The van der Waals surface area contributed by atoms with E-state index in [1.54, 1.807) is 0 Å². The highest BCUT2D eigenvalue weighted by Crippen LogP contribution is 2.26. The highest BCUT2D eigenvalue weighted by atomic mass is 16.5. The van der Waals surface area contributed by atoms with Gasteiger partial charge in [0.1, 0.15) is 6.54 Å². The molecule has 0 N–H and O–H groups in total. The summed E-state index contributed by atoms with van der Waals surface area (Å²) in [5, 5.41) is 1.19. The topological polar surface area (TPSA) is 37.7 Å². The van der Waals surface area contributed by atoms with E-state index in [4.69, 9.17) is 4.74 Å². The van der Waals surface area contributed by atoms with Crippen LogP contribution in [0, 0.1) is 5.92 Å². The standard InChI is InChI=1S/C20H27N3O2/c1-2-16-13-23(14-19(16)21-9-11-25-12-10-21)20(24)15-22-8-7-17-5-3-4-6-18(17)22/h3-8,16,19H,2,9-15H2,1H3/t16-,19+/m1/s1. The third-order valence-electron chi connectivity index (χ3n) is 5.78. The van der Waals surface area contributed by atoms with Gasteiger partial charge in [0.25, 0.3) is 0 Å². The molecular formula is C20H27N3O2. The molecule has 3 heterocycles. The van der Waals surface area contributed by atoms with Gasteiger partial charge in [-0.05, 0) is 23.4 Å². The number of nitrogens with zero attached hydrogens (tertiary/aromatic N) is 3. The molecule has 5 heteroatoms. The number of aromatic nitrogens is 1. The molecule has 0 bridgehead atoms. The number of likely N-dealkylation sites (tertiary alicyclic amines) is 1. The lowest BCUT2D eigenvalue weighted by molar-refractivity contribution is -0.131. The molecule has 1 aromatic heterocycles. The van der Waals surface area contributed by atoms with Crippen molar-refractivity contribution in [1.29, 1.82) is 0 Å². The molecule has 2 saturated heterocycles. The lowest BCUT2D eigenvalue weighted by Gasteiger charge is -2.34. The normalized spacial score (nSPS) is 24.9. The van der Waals surface area contributed by atoms with E-state index in [1.807, 2.05) is 18.3 Å². The summed E-state index contributed by atoms with van der Waals surface area (Å²) in [6, 6.07) is 10.8. The number of para-hydroxylation sites is 1. The maximum Gasteiger partial charge on any atom is 0.242 e. The summed E-state index contributed by atoms with van der Waals surface area (Å²) >= 11 is 0. The predicted molar refractivity (Wildman–Crippen MR) is 98.5 cm³/mol. The van der Waals surface area contributed by atoms with E-state index < -0.39 is 0 Å². The number of hydrogen-bond donors (Lipinski definition) is 0. The second-order valence-electron chi connectivity index (χ2n) is 7.19. The molecule has 0 saturated carbocycles. The van der Waals surface area contributed by atoms with E-state index in [-0.39, 0.29) is 5.91 Å². The van der Waals surface area contributed by atoms with Crippen LogP contribution in [0.2, 0.25) is 0 Å². The Bertz CT molecular complexity index is 735. The zero-order valence-corrected chi connectivity index (χ0v) is 14.9. The number of ether oxygens (including phenoxy) is 1. The Morgan fingerprint density at radius 3 is 2.76 bits per heavy atom. The summed E-state index contributed by atoms with van der Waals surface area (Å²) in [5.41, 5.74) is 1.13. The van der Waals surface area contributed by atoms with Crippen LogP contribution in [-0.2, 0) is 16.1 Å². The predicted octanol–water partition coefficient (Wildman–Crippen LogP) is 2.21. The monoisotopic (exact) mass is 341 g/mol. The van der Waals surface area contributed by atoms with Gasteiger partial charge >= 0.3 is 0 Å². The van der Waals surface area contributed by atoms with Gasteiger partial charge in [-0.3, -0.25) is 9.69 Å². The van der Waals surface area contributed by atoms with E-state index in [0.717, 1.165) is 51.3 Å². The van der Waals surface area contributed by atoms with Crippen molar-refractivity contribution in [2.45, 2.75) is 25.9 Å². The highest BCUT2D eigenvalue weighted by molar-refractivity contribution is 5.83. The van der Waals surface area contributed by atoms with Crippen LogP contribution in [-0.4, -0.2) is 65.7 Å². The zero-order valence-electron chi connectivity index (χ0n) is 14.9. The van der Waals surface area contributed by atoms with E-state index in [1.165, 1.54) is 5.39 Å². The zero-order chi connectivity index (χ0) is 17.2. The fraction of sp³-hybridized carbons (Fsp3) is 0.550. The Balaban J connectivity index is 1.45. The number of carbonyl (C=O) groups is 1. The van der Waals surface area contributed by atoms with Gasteiger partial charge in [0.05, 0.1) is 13.2 Å². The molecule has 0 spiro atoms. The largest absolute Gasteiger partial charge is 0.379 e. The minimum Gasteiger partial charge on any atom is -0.379 e. The Labute approximate surface area is 149 Å². The molecule has 1 aromatic carbocycles. The maximum atomic E-state index is 12.9. The van der Waals surface area contributed by atoms with Crippen molar-refractivity contribution in [3.63, 3.8) is 0 Å². The van der Waals surface area contributed by atoms with Gasteiger partial charge in [-0.15, -0.1) is 0 Å². The van der Waals surface area contributed by atoms with Crippen LogP contribution < -0.4 is 0 Å². The number of carbonyl (C=O) groups excluding carboxylic acids is 1. The number of amides is 1. The van der Waals surface area contributed by atoms with Crippen molar-refractivity contribution in [3.05, 3.63) is 36.5 Å². The summed E-state index contributed by atoms with van der Waals surface area (Å²) in [6.45, 7) is 8.03. The van der Waals surface area contributed by atoms with Crippen LogP contribution in [0.3, 0.4) is 0 Å². The molecule has 0 unspecified atom stereocenters. The number of benzene rings is 1. The van der Waals surface area contributed by atoms with Crippen LogP contribution in [0.15, 0.2) is 36.5 Å². The summed E-state index contributed by atoms with van der Waals surface area (Å²) in [5.74, 6) is 0.805. The molecule has 0 aliphatic carbocycles. The molecule has 2 fully saturated rings. The van der Waals surface area contributed by atoms with Gasteiger partial charge in [0, 0.05) is 43.9 Å². The quantitative estimate of drug-likeness (QED) is 0.856. The first-order valence-corrected chi connectivity index (χ1v) is 9.39. The molecule has 2 aliphatic rings. The Kier molecular flexibility index (Phi) is 4.77. The Morgan fingerprint density at radius 2 is 1.96 bits per heavy atom. The third kappa shape index (κ3) is 3.31. The van der Waals surface area contributed by atoms with Crippen LogP contribution in [0.1, 0.15) is 13.3 Å².